The lowest BCUT2D eigenvalue weighted by atomic mass is 10.1. The maximum atomic E-state index is 13.1. The minimum absolute atomic E-state index is 0.00749. The zero-order valence-corrected chi connectivity index (χ0v) is 13.7. The number of carbonyl (C=O) groups excluding carboxylic acids is 2. The van der Waals surface area contributed by atoms with Crippen molar-refractivity contribution in [2.45, 2.75) is 0 Å². The van der Waals surface area contributed by atoms with Crippen molar-refractivity contribution >= 4 is 34.8 Å². The summed E-state index contributed by atoms with van der Waals surface area (Å²) in [4.78, 5) is 28.8. The molecule has 1 saturated heterocycles. The van der Waals surface area contributed by atoms with Gasteiger partial charge in [-0.05, 0) is 29.6 Å². The number of halogens is 2. The molecule has 0 atom stereocenters. The van der Waals surface area contributed by atoms with Crippen LogP contribution in [0.3, 0.4) is 0 Å². The molecule has 0 bridgehead atoms. The Kier molecular flexibility index (Phi) is 4.63. The monoisotopic (exact) mass is 352 g/mol. The highest BCUT2D eigenvalue weighted by molar-refractivity contribution is 7.12. The Morgan fingerprint density at radius 3 is 2.26 bits per heavy atom. The maximum Gasteiger partial charge on any atom is 0.264 e. The highest BCUT2D eigenvalue weighted by Crippen LogP contribution is 2.20. The van der Waals surface area contributed by atoms with Crippen molar-refractivity contribution in [2.24, 2.45) is 0 Å². The summed E-state index contributed by atoms with van der Waals surface area (Å²) in [7, 11) is 0. The quantitative estimate of drug-likeness (QED) is 0.833. The third kappa shape index (κ3) is 3.38. The summed E-state index contributed by atoms with van der Waals surface area (Å²) < 4.78 is 13.1. The fourth-order valence-electron chi connectivity index (χ4n) is 2.50. The second kappa shape index (κ2) is 6.68. The van der Waals surface area contributed by atoms with Crippen LogP contribution in [0, 0.1) is 5.82 Å². The number of benzene rings is 1. The molecule has 23 heavy (non-hydrogen) atoms. The van der Waals surface area contributed by atoms with Gasteiger partial charge >= 0.3 is 0 Å². The lowest BCUT2D eigenvalue weighted by molar-refractivity contribution is 0.0538. The predicted molar refractivity (Wildman–Crippen MR) is 87.5 cm³/mol. The Hall–Kier alpha value is -1.92. The third-order valence-corrected chi connectivity index (χ3v) is 4.92. The second-order valence-electron chi connectivity index (χ2n) is 5.19. The summed E-state index contributed by atoms with van der Waals surface area (Å²) >= 11 is 7.35. The largest absolute Gasteiger partial charge is 0.335 e. The molecule has 0 radical (unpaired) electrons. The summed E-state index contributed by atoms with van der Waals surface area (Å²) in [6.45, 7) is 1.82. The van der Waals surface area contributed by atoms with Crippen LogP contribution in [0.4, 0.5) is 4.39 Å². The Bertz CT molecular complexity index is 728. The van der Waals surface area contributed by atoms with Gasteiger partial charge in [0.1, 0.15) is 5.82 Å². The second-order valence-corrected chi connectivity index (χ2v) is 6.54. The van der Waals surface area contributed by atoms with Gasteiger partial charge in [-0.25, -0.2) is 4.39 Å². The highest BCUT2D eigenvalue weighted by Gasteiger charge is 2.26. The van der Waals surface area contributed by atoms with E-state index in [0.29, 0.717) is 31.1 Å². The van der Waals surface area contributed by atoms with Gasteiger partial charge in [-0.15, -0.1) is 11.3 Å². The van der Waals surface area contributed by atoms with Crippen molar-refractivity contribution < 1.29 is 14.0 Å². The average Bonchev–Trinajstić information content (AvgIpc) is 3.08. The minimum atomic E-state index is -0.474. The van der Waals surface area contributed by atoms with Crippen molar-refractivity contribution in [2.75, 3.05) is 26.2 Å². The number of hydrogen-bond donors (Lipinski definition) is 0. The molecule has 0 aliphatic carbocycles. The smallest absolute Gasteiger partial charge is 0.264 e. The first-order valence-electron chi connectivity index (χ1n) is 7.13. The fourth-order valence-corrected chi connectivity index (χ4v) is 3.44. The summed E-state index contributed by atoms with van der Waals surface area (Å²) in [5.41, 5.74) is 0.283. The Balaban J connectivity index is 1.64. The van der Waals surface area contributed by atoms with E-state index < -0.39 is 5.82 Å². The molecule has 0 spiro atoms. The van der Waals surface area contributed by atoms with E-state index in [0.717, 1.165) is 6.07 Å². The SMILES string of the molecule is O=C(c1cccs1)N1CCN(C(=O)c2ccc(F)cc2Cl)CC1. The Morgan fingerprint density at radius 1 is 1.04 bits per heavy atom. The predicted octanol–water partition coefficient (Wildman–Crippen LogP) is 3.14. The Labute approximate surface area is 142 Å². The molecular weight excluding hydrogens is 339 g/mol. The normalized spacial score (nSPS) is 14.9. The van der Waals surface area contributed by atoms with Crippen LogP contribution in [-0.2, 0) is 0 Å². The van der Waals surface area contributed by atoms with Crippen LogP contribution in [-0.4, -0.2) is 47.8 Å². The lowest BCUT2D eigenvalue weighted by Gasteiger charge is -2.34. The van der Waals surface area contributed by atoms with Gasteiger partial charge in [-0.2, -0.15) is 0 Å². The maximum absolute atomic E-state index is 13.1. The molecule has 7 heteroatoms. The molecule has 2 heterocycles. The van der Waals surface area contributed by atoms with E-state index in [9.17, 15) is 14.0 Å². The zero-order chi connectivity index (χ0) is 16.4. The first-order chi connectivity index (χ1) is 11.1. The van der Waals surface area contributed by atoms with E-state index >= 15 is 0 Å². The molecule has 1 fully saturated rings. The molecule has 1 aromatic carbocycles. The van der Waals surface area contributed by atoms with Gasteiger partial charge in [0.2, 0.25) is 0 Å². The van der Waals surface area contributed by atoms with E-state index in [2.05, 4.69) is 0 Å². The van der Waals surface area contributed by atoms with Crippen molar-refractivity contribution in [3.8, 4) is 0 Å². The van der Waals surface area contributed by atoms with Crippen molar-refractivity contribution in [1.82, 2.24) is 9.80 Å². The van der Waals surface area contributed by atoms with E-state index in [1.165, 1.54) is 23.5 Å². The molecule has 2 aromatic rings. The molecule has 0 unspecified atom stereocenters. The molecular formula is C16H14ClFN2O2S. The van der Waals surface area contributed by atoms with Gasteiger partial charge in [0.25, 0.3) is 11.8 Å². The molecule has 1 aromatic heterocycles. The number of piperazine rings is 1. The summed E-state index contributed by atoms with van der Waals surface area (Å²) in [5, 5.41) is 1.97. The van der Waals surface area contributed by atoms with Crippen LogP contribution in [0.15, 0.2) is 35.7 Å². The van der Waals surface area contributed by atoms with Crippen molar-refractivity contribution in [1.29, 1.82) is 0 Å². The number of rotatable bonds is 2. The number of thiophene rings is 1. The standard InChI is InChI=1S/C16H14ClFN2O2S/c17-13-10-11(18)3-4-12(13)15(21)19-5-7-20(8-6-19)16(22)14-2-1-9-23-14/h1-4,9-10H,5-8H2. The van der Waals surface area contributed by atoms with Gasteiger partial charge < -0.3 is 9.80 Å². The van der Waals surface area contributed by atoms with Crippen LogP contribution < -0.4 is 0 Å². The van der Waals surface area contributed by atoms with Crippen molar-refractivity contribution in [3.63, 3.8) is 0 Å². The molecule has 0 N–H and O–H groups in total. The summed E-state index contributed by atoms with van der Waals surface area (Å²) in [5.74, 6) is -0.719. The highest BCUT2D eigenvalue weighted by atomic mass is 35.5. The van der Waals surface area contributed by atoms with Gasteiger partial charge in [-0.3, -0.25) is 9.59 Å². The molecule has 0 saturated carbocycles. The number of amides is 2. The first kappa shape index (κ1) is 16.0. The van der Waals surface area contributed by atoms with Crippen LogP contribution in [0.25, 0.3) is 0 Å². The van der Waals surface area contributed by atoms with E-state index in [1.807, 2.05) is 11.4 Å². The van der Waals surface area contributed by atoms with Crippen molar-refractivity contribution in [3.05, 3.63) is 57.0 Å². The number of nitrogens with zero attached hydrogens (tertiary/aromatic N) is 2. The molecule has 4 nitrogen and oxygen atoms in total. The van der Waals surface area contributed by atoms with Crippen LogP contribution in [0.5, 0.6) is 0 Å². The van der Waals surface area contributed by atoms with E-state index in [1.54, 1.807) is 15.9 Å². The topological polar surface area (TPSA) is 40.6 Å². The lowest BCUT2D eigenvalue weighted by Crippen LogP contribution is -2.50. The van der Waals surface area contributed by atoms with Gasteiger partial charge in [0.15, 0.2) is 0 Å². The first-order valence-corrected chi connectivity index (χ1v) is 8.39. The fraction of sp³-hybridized carbons (Fsp3) is 0.250. The van der Waals surface area contributed by atoms with Crippen LogP contribution in [0.2, 0.25) is 5.02 Å². The number of carbonyl (C=O) groups is 2. The van der Waals surface area contributed by atoms with E-state index in [4.69, 9.17) is 11.6 Å². The summed E-state index contributed by atoms with van der Waals surface area (Å²) in [6, 6.07) is 7.38. The van der Waals surface area contributed by atoms with Crippen LogP contribution >= 0.6 is 22.9 Å². The molecule has 2 amide bonds. The molecule has 1 aliphatic heterocycles. The van der Waals surface area contributed by atoms with Crippen LogP contribution in [0.1, 0.15) is 20.0 Å². The third-order valence-electron chi connectivity index (χ3n) is 3.75. The molecule has 120 valence electrons. The average molecular weight is 353 g/mol. The molecule has 1 aliphatic rings. The molecule has 3 rings (SSSR count). The number of hydrogen-bond acceptors (Lipinski definition) is 3. The summed E-state index contributed by atoms with van der Waals surface area (Å²) in [6.07, 6.45) is 0. The van der Waals surface area contributed by atoms with Gasteiger partial charge in [0.05, 0.1) is 15.5 Å². The Morgan fingerprint density at radius 2 is 1.70 bits per heavy atom. The van der Waals surface area contributed by atoms with E-state index in [-0.39, 0.29) is 22.4 Å². The van der Waals surface area contributed by atoms with Gasteiger partial charge in [0, 0.05) is 26.2 Å². The van der Waals surface area contributed by atoms with Gasteiger partial charge in [-0.1, -0.05) is 17.7 Å². The zero-order valence-electron chi connectivity index (χ0n) is 12.2. The minimum Gasteiger partial charge on any atom is -0.335 e.